The van der Waals surface area contributed by atoms with E-state index < -0.39 is 0 Å². The number of nitrogens with zero attached hydrogens (tertiary/aromatic N) is 2. The highest BCUT2D eigenvalue weighted by Crippen LogP contribution is 2.38. The van der Waals surface area contributed by atoms with Crippen molar-refractivity contribution in [3.63, 3.8) is 0 Å². The van der Waals surface area contributed by atoms with E-state index in [1.54, 1.807) is 0 Å². The minimum atomic E-state index is 0.746. The molecule has 19 heavy (non-hydrogen) atoms. The molecule has 3 rings (SSSR count). The fourth-order valence-corrected chi connectivity index (χ4v) is 4.99. The standard InChI is InChI=1S/C16H31N3/c1-18-13-7-8-14(18)10-15(9-13)19(2)16-6-4-3-5-12(16)11-17/h12-16H,3-11,17H2,1-2H3. The lowest BCUT2D eigenvalue weighted by molar-refractivity contribution is 0.0345. The predicted octanol–water partition coefficient (Wildman–Crippen LogP) is 2.06. The first-order valence-corrected chi connectivity index (χ1v) is 8.34. The molecule has 3 nitrogen and oxygen atoms in total. The summed E-state index contributed by atoms with van der Waals surface area (Å²) in [4.78, 5) is 5.38. The van der Waals surface area contributed by atoms with E-state index in [9.17, 15) is 0 Å². The molecule has 3 heteroatoms. The number of fused-ring (bicyclic) bond motifs is 2. The Morgan fingerprint density at radius 2 is 1.68 bits per heavy atom. The SMILES string of the molecule is CN1C2CCC1CC(N(C)C1CCCCC1CN)C2. The minimum Gasteiger partial charge on any atom is -0.330 e. The molecule has 4 unspecified atom stereocenters. The van der Waals surface area contributed by atoms with Crippen LogP contribution in [0.25, 0.3) is 0 Å². The number of nitrogens with two attached hydrogens (primary N) is 1. The van der Waals surface area contributed by atoms with E-state index >= 15 is 0 Å². The Morgan fingerprint density at radius 3 is 2.32 bits per heavy atom. The second-order valence-electron chi connectivity index (χ2n) is 7.19. The fraction of sp³-hybridized carbons (Fsp3) is 1.00. The Morgan fingerprint density at radius 1 is 1.05 bits per heavy atom. The average Bonchev–Trinajstić information content (AvgIpc) is 2.68. The fourth-order valence-electron chi connectivity index (χ4n) is 4.99. The van der Waals surface area contributed by atoms with Gasteiger partial charge in [-0.25, -0.2) is 0 Å². The first kappa shape index (κ1) is 13.8. The molecule has 0 aromatic heterocycles. The van der Waals surface area contributed by atoms with Gasteiger partial charge in [-0.3, -0.25) is 0 Å². The highest BCUT2D eigenvalue weighted by molar-refractivity contribution is 4.98. The van der Waals surface area contributed by atoms with Gasteiger partial charge in [-0.2, -0.15) is 0 Å². The Bertz CT molecular complexity index is 292. The van der Waals surface area contributed by atoms with E-state index in [0.29, 0.717) is 0 Å². The molecule has 3 fully saturated rings. The molecule has 0 spiro atoms. The predicted molar refractivity (Wildman–Crippen MR) is 80.2 cm³/mol. The van der Waals surface area contributed by atoms with Crippen LogP contribution in [0.3, 0.4) is 0 Å². The quantitative estimate of drug-likeness (QED) is 0.848. The van der Waals surface area contributed by atoms with Crippen LogP contribution in [-0.2, 0) is 0 Å². The van der Waals surface area contributed by atoms with Crippen molar-refractivity contribution in [1.29, 1.82) is 0 Å². The molecule has 0 amide bonds. The van der Waals surface area contributed by atoms with Gasteiger partial charge in [0.1, 0.15) is 0 Å². The Labute approximate surface area is 118 Å². The molecule has 2 heterocycles. The Balaban J connectivity index is 1.65. The molecule has 2 bridgehead atoms. The summed E-state index contributed by atoms with van der Waals surface area (Å²) in [6.07, 6.45) is 11.2. The normalized spacial score (nSPS) is 43.9. The van der Waals surface area contributed by atoms with E-state index in [2.05, 4.69) is 23.9 Å². The molecule has 2 saturated heterocycles. The molecule has 0 aromatic rings. The summed E-state index contributed by atoms with van der Waals surface area (Å²) in [6.45, 7) is 0.883. The summed E-state index contributed by atoms with van der Waals surface area (Å²) in [5.41, 5.74) is 6.02. The van der Waals surface area contributed by atoms with Gasteiger partial charge in [0.25, 0.3) is 0 Å². The van der Waals surface area contributed by atoms with Crippen LogP contribution in [0.4, 0.5) is 0 Å². The van der Waals surface area contributed by atoms with Crippen molar-refractivity contribution in [2.24, 2.45) is 11.7 Å². The van der Waals surface area contributed by atoms with Gasteiger partial charge in [0.05, 0.1) is 0 Å². The first-order chi connectivity index (χ1) is 9.20. The molecule has 2 N–H and O–H groups in total. The van der Waals surface area contributed by atoms with Crippen molar-refractivity contribution in [2.45, 2.75) is 75.5 Å². The van der Waals surface area contributed by atoms with Crippen molar-refractivity contribution in [3.05, 3.63) is 0 Å². The zero-order valence-electron chi connectivity index (χ0n) is 12.7. The molecule has 2 aliphatic heterocycles. The van der Waals surface area contributed by atoms with E-state index in [1.807, 2.05) is 0 Å². The zero-order chi connectivity index (χ0) is 13.4. The number of hydrogen-bond donors (Lipinski definition) is 1. The third kappa shape index (κ3) is 2.57. The van der Waals surface area contributed by atoms with Crippen molar-refractivity contribution in [1.82, 2.24) is 9.80 Å². The highest BCUT2D eigenvalue weighted by atomic mass is 15.2. The van der Waals surface area contributed by atoms with E-state index in [1.165, 1.54) is 51.4 Å². The van der Waals surface area contributed by atoms with Crippen LogP contribution in [0.2, 0.25) is 0 Å². The number of piperidine rings is 1. The monoisotopic (exact) mass is 265 g/mol. The molecular formula is C16H31N3. The number of rotatable bonds is 3. The van der Waals surface area contributed by atoms with Crippen LogP contribution in [0.5, 0.6) is 0 Å². The number of hydrogen-bond acceptors (Lipinski definition) is 3. The van der Waals surface area contributed by atoms with Gasteiger partial charge in [-0.05, 0) is 65.1 Å². The summed E-state index contributed by atoms with van der Waals surface area (Å²) in [5.74, 6) is 0.746. The smallest absolute Gasteiger partial charge is 0.0135 e. The summed E-state index contributed by atoms with van der Waals surface area (Å²) in [5, 5.41) is 0. The molecular weight excluding hydrogens is 234 g/mol. The van der Waals surface area contributed by atoms with Gasteiger partial charge in [0.2, 0.25) is 0 Å². The maximum atomic E-state index is 6.02. The van der Waals surface area contributed by atoms with Crippen LogP contribution in [0.1, 0.15) is 51.4 Å². The molecule has 110 valence electrons. The highest BCUT2D eigenvalue weighted by Gasteiger charge is 2.41. The second-order valence-corrected chi connectivity index (χ2v) is 7.19. The molecule has 4 atom stereocenters. The lowest BCUT2D eigenvalue weighted by atomic mass is 9.82. The van der Waals surface area contributed by atoms with E-state index in [0.717, 1.165) is 36.6 Å². The minimum absolute atomic E-state index is 0.746. The summed E-state index contributed by atoms with van der Waals surface area (Å²) in [7, 11) is 4.72. The van der Waals surface area contributed by atoms with Gasteiger partial charge < -0.3 is 15.5 Å². The zero-order valence-corrected chi connectivity index (χ0v) is 12.7. The Hall–Kier alpha value is -0.120. The van der Waals surface area contributed by atoms with Crippen LogP contribution >= 0.6 is 0 Å². The molecule has 0 aromatic carbocycles. The van der Waals surface area contributed by atoms with E-state index in [-0.39, 0.29) is 0 Å². The van der Waals surface area contributed by atoms with Gasteiger partial charge in [-0.1, -0.05) is 12.8 Å². The summed E-state index contributed by atoms with van der Waals surface area (Å²) in [6, 6.07) is 3.27. The third-order valence-corrected chi connectivity index (χ3v) is 6.34. The van der Waals surface area contributed by atoms with Crippen molar-refractivity contribution < 1.29 is 0 Å². The van der Waals surface area contributed by atoms with Gasteiger partial charge >= 0.3 is 0 Å². The van der Waals surface area contributed by atoms with Crippen LogP contribution in [-0.4, -0.2) is 54.6 Å². The maximum Gasteiger partial charge on any atom is 0.0135 e. The first-order valence-electron chi connectivity index (χ1n) is 8.34. The lowest BCUT2D eigenvalue weighted by Gasteiger charge is -2.46. The maximum absolute atomic E-state index is 6.02. The molecule has 1 aliphatic carbocycles. The second kappa shape index (κ2) is 5.71. The van der Waals surface area contributed by atoms with Crippen LogP contribution in [0, 0.1) is 5.92 Å². The van der Waals surface area contributed by atoms with Crippen LogP contribution < -0.4 is 5.73 Å². The van der Waals surface area contributed by atoms with Crippen molar-refractivity contribution in [2.75, 3.05) is 20.6 Å². The summed E-state index contributed by atoms with van der Waals surface area (Å²) >= 11 is 0. The Kier molecular flexibility index (Phi) is 4.16. The van der Waals surface area contributed by atoms with Gasteiger partial charge in [0, 0.05) is 24.2 Å². The lowest BCUT2D eigenvalue weighted by Crippen LogP contribution is -2.53. The van der Waals surface area contributed by atoms with Crippen LogP contribution in [0.15, 0.2) is 0 Å². The van der Waals surface area contributed by atoms with Crippen molar-refractivity contribution in [3.8, 4) is 0 Å². The molecule has 1 saturated carbocycles. The summed E-state index contributed by atoms with van der Waals surface area (Å²) < 4.78 is 0. The van der Waals surface area contributed by atoms with Gasteiger partial charge in [-0.15, -0.1) is 0 Å². The van der Waals surface area contributed by atoms with E-state index in [4.69, 9.17) is 5.73 Å². The molecule has 3 aliphatic rings. The van der Waals surface area contributed by atoms with Gasteiger partial charge in [0.15, 0.2) is 0 Å². The van der Waals surface area contributed by atoms with Crippen molar-refractivity contribution >= 4 is 0 Å². The largest absolute Gasteiger partial charge is 0.330 e. The average molecular weight is 265 g/mol. The molecule has 0 radical (unpaired) electrons. The topological polar surface area (TPSA) is 32.5 Å². The third-order valence-electron chi connectivity index (χ3n) is 6.34.